The third-order valence-electron chi connectivity index (χ3n) is 5.88. The van der Waals surface area contributed by atoms with E-state index in [1.165, 1.54) is 6.07 Å². The summed E-state index contributed by atoms with van der Waals surface area (Å²) < 4.78 is 48.4. The maximum atomic E-state index is 13.7. The Balaban J connectivity index is 1.48. The quantitative estimate of drug-likeness (QED) is 0.260. The van der Waals surface area contributed by atoms with Crippen molar-refractivity contribution in [1.82, 2.24) is 14.7 Å². The Morgan fingerprint density at radius 1 is 1.06 bits per heavy atom. The highest BCUT2D eigenvalue weighted by atomic mass is 32.1. The fourth-order valence-corrected chi connectivity index (χ4v) is 4.92. The van der Waals surface area contributed by atoms with Crippen LogP contribution in [0.4, 0.5) is 13.2 Å². The van der Waals surface area contributed by atoms with E-state index in [1.54, 1.807) is 50.2 Å². The van der Waals surface area contributed by atoms with Crippen molar-refractivity contribution in [1.29, 1.82) is 0 Å². The fourth-order valence-electron chi connectivity index (χ4n) is 3.95. The van der Waals surface area contributed by atoms with E-state index in [-0.39, 0.29) is 22.2 Å². The Bertz CT molecular complexity index is 1570. The molecule has 0 amide bonds. The maximum absolute atomic E-state index is 13.7. The lowest BCUT2D eigenvalue weighted by Crippen LogP contribution is -2.28. The lowest BCUT2D eigenvalue weighted by atomic mass is 9.94. The number of nitrogens with zero attached hydrogens (tertiary/aromatic N) is 3. The minimum absolute atomic E-state index is 0.00329. The molecule has 10 heteroatoms. The van der Waals surface area contributed by atoms with Gasteiger partial charge in [-0.05, 0) is 49.7 Å². The number of carbonyl (C=O) groups is 1. The average molecular weight is 512 g/mol. The lowest BCUT2D eigenvalue weighted by molar-refractivity contribution is -0.147. The Kier molecular flexibility index (Phi) is 5.71. The number of aromatic nitrogens is 3. The largest absolute Gasteiger partial charge is 0.481 e. The molecule has 3 aromatic heterocycles. The van der Waals surface area contributed by atoms with Crippen LogP contribution in [-0.2, 0) is 17.5 Å². The molecule has 36 heavy (non-hydrogen) atoms. The third kappa shape index (κ3) is 4.39. The van der Waals surface area contributed by atoms with E-state index in [1.807, 2.05) is 29.0 Å². The number of hydrogen-bond acceptors (Lipinski definition) is 5. The van der Waals surface area contributed by atoms with Gasteiger partial charge < -0.3 is 14.2 Å². The maximum Gasteiger partial charge on any atom is 0.426 e. The average Bonchev–Trinajstić information content (AvgIpc) is 3.57. The molecule has 3 heterocycles. The summed E-state index contributed by atoms with van der Waals surface area (Å²) in [5, 5.41) is 14.3. The van der Waals surface area contributed by atoms with Crippen LogP contribution < -0.4 is 0 Å². The molecule has 6 nitrogen and oxygen atoms in total. The van der Waals surface area contributed by atoms with E-state index in [0.29, 0.717) is 29.0 Å². The standard InChI is InChI=1S/C26H20F3N3O3S/c1-25(2,24(33)34)14-32-11-10-16-12-17(8-9-19(16)32)22-30-23(35-31-22)20-13-18(15-6-4-3-5-7-15)21(36-20)26(27,28)29/h3-13H,14H2,1-2H3,(H,33,34). The van der Waals surface area contributed by atoms with Crippen LogP contribution in [0.1, 0.15) is 18.7 Å². The highest BCUT2D eigenvalue weighted by Crippen LogP contribution is 2.45. The van der Waals surface area contributed by atoms with Crippen molar-refractivity contribution in [3.8, 4) is 33.3 Å². The Labute approximate surface area is 207 Å². The Hall–Kier alpha value is -3.92. The number of alkyl halides is 3. The molecule has 0 aliphatic heterocycles. The van der Waals surface area contributed by atoms with Gasteiger partial charge in [-0.25, -0.2) is 0 Å². The zero-order chi connectivity index (χ0) is 25.7. The first-order valence-corrected chi connectivity index (χ1v) is 11.8. The molecule has 0 aliphatic carbocycles. The molecule has 5 rings (SSSR count). The molecule has 0 saturated carbocycles. The molecule has 0 radical (unpaired) electrons. The number of thiophene rings is 1. The zero-order valence-corrected chi connectivity index (χ0v) is 20.0. The first kappa shape index (κ1) is 23.8. The summed E-state index contributed by atoms with van der Waals surface area (Å²) in [6.45, 7) is 3.62. The van der Waals surface area contributed by atoms with Crippen molar-refractivity contribution in [3.05, 3.63) is 71.7 Å². The molecule has 184 valence electrons. The van der Waals surface area contributed by atoms with Crippen molar-refractivity contribution in [2.24, 2.45) is 5.41 Å². The highest BCUT2D eigenvalue weighted by molar-refractivity contribution is 7.16. The van der Waals surface area contributed by atoms with Gasteiger partial charge in [-0.3, -0.25) is 4.79 Å². The summed E-state index contributed by atoms with van der Waals surface area (Å²) in [5.41, 5.74) is 1.05. The van der Waals surface area contributed by atoms with E-state index in [9.17, 15) is 23.1 Å². The predicted molar refractivity (Wildman–Crippen MR) is 130 cm³/mol. The monoisotopic (exact) mass is 511 g/mol. The van der Waals surface area contributed by atoms with Crippen molar-refractivity contribution in [2.75, 3.05) is 0 Å². The molecule has 1 N–H and O–H groups in total. The van der Waals surface area contributed by atoms with Crippen LogP contribution in [0, 0.1) is 5.41 Å². The number of carboxylic acids is 1. The molecule has 0 saturated heterocycles. The molecule has 0 aliphatic rings. The number of fused-ring (bicyclic) bond motifs is 1. The van der Waals surface area contributed by atoms with Crippen LogP contribution in [0.5, 0.6) is 0 Å². The summed E-state index contributed by atoms with van der Waals surface area (Å²) in [7, 11) is 0. The smallest absolute Gasteiger partial charge is 0.426 e. The second kappa shape index (κ2) is 8.63. The fraction of sp³-hybridized carbons (Fsp3) is 0.192. The molecule has 0 spiro atoms. The number of halogens is 3. The Morgan fingerprint density at radius 2 is 1.81 bits per heavy atom. The topological polar surface area (TPSA) is 81.2 Å². The predicted octanol–water partition coefficient (Wildman–Crippen LogP) is 7.22. The van der Waals surface area contributed by atoms with Crippen molar-refractivity contribution >= 4 is 28.2 Å². The first-order chi connectivity index (χ1) is 17.0. The molecular formula is C26H20F3N3O3S. The zero-order valence-electron chi connectivity index (χ0n) is 19.2. The van der Waals surface area contributed by atoms with Gasteiger partial charge in [-0.2, -0.15) is 18.2 Å². The van der Waals surface area contributed by atoms with Crippen LogP contribution in [0.2, 0.25) is 0 Å². The number of benzene rings is 2. The van der Waals surface area contributed by atoms with Gasteiger partial charge >= 0.3 is 12.1 Å². The van der Waals surface area contributed by atoms with E-state index < -0.39 is 22.4 Å². The Morgan fingerprint density at radius 3 is 2.50 bits per heavy atom. The van der Waals surface area contributed by atoms with E-state index in [4.69, 9.17) is 4.52 Å². The molecule has 2 aromatic carbocycles. The molecular weight excluding hydrogens is 491 g/mol. The second-order valence-electron chi connectivity index (χ2n) is 9.05. The van der Waals surface area contributed by atoms with Gasteiger partial charge in [0.15, 0.2) is 0 Å². The molecule has 5 aromatic rings. The molecule has 0 fully saturated rings. The number of rotatable bonds is 6. The lowest BCUT2D eigenvalue weighted by Gasteiger charge is -2.20. The van der Waals surface area contributed by atoms with Gasteiger partial charge in [0.2, 0.25) is 5.82 Å². The number of aliphatic carboxylic acids is 1. The van der Waals surface area contributed by atoms with E-state index >= 15 is 0 Å². The highest BCUT2D eigenvalue weighted by Gasteiger charge is 2.37. The minimum atomic E-state index is -4.52. The van der Waals surface area contributed by atoms with Gasteiger partial charge in [0.1, 0.15) is 4.88 Å². The minimum Gasteiger partial charge on any atom is -0.481 e. The van der Waals surface area contributed by atoms with Crippen LogP contribution in [0.25, 0.3) is 44.2 Å². The van der Waals surface area contributed by atoms with Crippen LogP contribution in [0.15, 0.2) is 71.4 Å². The summed E-state index contributed by atoms with van der Waals surface area (Å²) in [6, 6.07) is 17.1. The van der Waals surface area contributed by atoms with Gasteiger partial charge in [-0.1, -0.05) is 35.5 Å². The summed E-state index contributed by atoms with van der Waals surface area (Å²) in [6.07, 6.45) is -2.71. The molecule has 0 unspecified atom stereocenters. The normalized spacial score (nSPS) is 12.4. The van der Waals surface area contributed by atoms with Crippen molar-refractivity contribution < 1.29 is 27.6 Å². The van der Waals surface area contributed by atoms with E-state index in [2.05, 4.69) is 10.1 Å². The van der Waals surface area contributed by atoms with E-state index in [0.717, 1.165) is 10.9 Å². The third-order valence-corrected chi connectivity index (χ3v) is 7.05. The van der Waals surface area contributed by atoms with Crippen LogP contribution in [0.3, 0.4) is 0 Å². The van der Waals surface area contributed by atoms with Gasteiger partial charge in [0, 0.05) is 34.8 Å². The molecule has 0 bridgehead atoms. The van der Waals surface area contributed by atoms with Crippen molar-refractivity contribution in [3.63, 3.8) is 0 Å². The van der Waals surface area contributed by atoms with Gasteiger partial charge in [0.05, 0.1) is 10.3 Å². The summed E-state index contributed by atoms with van der Waals surface area (Å²) in [5.74, 6) is -0.643. The van der Waals surface area contributed by atoms with Crippen LogP contribution in [-0.4, -0.2) is 25.8 Å². The first-order valence-electron chi connectivity index (χ1n) is 11.0. The molecule has 0 atom stereocenters. The number of hydrogen-bond donors (Lipinski definition) is 1. The van der Waals surface area contributed by atoms with Gasteiger partial charge in [-0.15, -0.1) is 11.3 Å². The van der Waals surface area contributed by atoms with Crippen LogP contribution >= 0.6 is 11.3 Å². The summed E-state index contributed by atoms with van der Waals surface area (Å²) >= 11 is 0.564. The SMILES string of the molecule is CC(C)(Cn1ccc2cc(-c3noc(-c4cc(-c5ccccc5)c(C(F)(F)F)s4)n3)ccc21)C(=O)O. The van der Waals surface area contributed by atoms with Gasteiger partial charge in [0.25, 0.3) is 5.89 Å². The number of carboxylic acid groups (broad SMARTS) is 1. The second-order valence-corrected chi connectivity index (χ2v) is 10.1. The summed E-state index contributed by atoms with van der Waals surface area (Å²) in [4.78, 5) is 15.4. The van der Waals surface area contributed by atoms with Crippen molar-refractivity contribution in [2.45, 2.75) is 26.6 Å².